The van der Waals surface area contributed by atoms with Crippen molar-refractivity contribution < 1.29 is 4.79 Å². The van der Waals surface area contributed by atoms with Gasteiger partial charge in [-0.3, -0.25) is 4.79 Å². The average Bonchev–Trinajstić information content (AvgIpc) is 2.84. The molecular weight excluding hydrogens is 206 g/mol. The molecule has 0 aromatic rings. The maximum absolute atomic E-state index is 11.8. The topological polar surface area (TPSA) is 29.1 Å². The lowest BCUT2D eigenvalue weighted by molar-refractivity contribution is -0.122. The predicted octanol–water partition coefficient (Wildman–Crippen LogP) is 2.39. The van der Waals surface area contributed by atoms with Crippen LogP contribution >= 0.6 is 12.6 Å². The van der Waals surface area contributed by atoms with Gasteiger partial charge in [0.2, 0.25) is 5.91 Å². The lowest BCUT2D eigenvalue weighted by Crippen LogP contribution is -2.34. The minimum Gasteiger partial charge on any atom is -0.353 e. The summed E-state index contributed by atoms with van der Waals surface area (Å²) in [5.41, 5.74) is 0.261. The molecule has 0 bridgehead atoms. The summed E-state index contributed by atoms with van der Waals surface area (Å²) in [6.07, 6.45) is 6.67. The standard InChI is InChI=1S/C12H21NOS/c1-9-2-3-10(6-9)13-11(14)7-12(8-15)4-5-12/h9-10,15H,2-8H2,1H3,(H,13,14). The minimum atomic E-state index is 0.251. The zero-order valence-electron chi connectivity index (χ0n) is 9.46. The molecule has 2 saturated carbocycles. The van der Waals surface area contributed by atoms with Crippen LogP contribution in [0.1, 0.15) is 45.4 Å². The van der Waals surface area contributed by atoms with E-state index in [4.69, 9.17) is 0 Å². The molecule has 0 aromatic carbocycles. The highest BCUT2D eigenvalue weighted by molar-refractivity contribution is 7.80. The van der Waals surface area contributed by atoms with Crippen LogP contribution in [0.5, 0.6) is 0 Å². The van der Waals surface area contributed by atoms with Gasteiger partial charge in [0.15, 0.2) is 0 Å². The Kier molecular flexibility index (Phi) is 3.29. The van der Waals surface area contributed by atoms with Crippen molar-refractivity contribution in [1.29, 1.82) is 0 Å². The van der Waals surface area contributed by atoms with E-state index in [0.29, 0.717) is 12.5 Å². The van der Waals surface area contributed by atoms with Gasteiger partial charge in [-0.25, -0.2) is 0 Å². The third-order valence-electron chi connectivity index (χ3n) is 3.89. The molecule has 0 radical (unpaired) electrons. The average molecular weight is 227 g/mol. The number of carbonyl (C=O) groups excluding carboxylic acids is 1. The van der Waals surface area contributed by atoms with Crippen LogP contribution in [0.15, 0.2) is 0 Å². The Balaban J connectivity index is 1.73. The number of hydrogen-bond donors (Lipinski definition) is 2. The lowest BCUT2D eigenvalue weighted by Gasteiger charge is -2.16. The minimum absolute atomic E-state index is 0.251. The second-order valence-electron chi connectivity index (χ2n) is 5.52. The van der Waals surface area contributed by atoms with E-state index >= 15 is 0 Å². The second kappa shape index (κ2) is 4.36. The van der Waals surface area contributed by atoms with Gasteiger partial charge in [0, 0.05) is 12.5 Å². The summed E-state index contributed by atoms with van der Waals surface area (Å²) in [5, 5.41) is 3.17. The Morgan fingerprint density at radius 2 is 2.20 bits per heavy atom. The summed E-state index contributed by atoms with van der Waals surface area (Å²) in [5.74, 6) is 1.90. The Morgan fingerprint density at radius 1 is 1.47 bits per heavy atom. The van der Waals surface area contributed by atoms with Crippen LogP contribution in [0.4, 0.5) is 0 Å². The fourth-order valence-corrected chi connectivity index (χ4v) is 2.95. The Morgan fingerprint density at radius 3 is 2.67 bits per heavy atom. The van der Waals surface area contributed by atoms with Gasteiger partial charge in [0.05, 0.1) is 0 Å². The molecule has 2 fully saturated rings. The van der Waals surface area contributed by atoms with Crippen molar-refractivity contribution in [2.45, 2.75) is 51.5 Å². The molecule has 0 saturated heterocycles. The van der Waals surface area contributed by atoms with Gasteiger partial charge < -0.3 is 5.32 Å². The molecule has 15 heavy (non-hydrogen) atoms. The monoisotopic (exact) mass is 227 g/mol. The third-order valence-corrected chi connectivity index (χ3v) is 4.56. The van der Waals surface area contributed by atoms with Crippen molar-refractivity contribution in [2.75, 3.05) is 5.75 Å². The van der Waals surface area contributed by atoms with E-state index in [0.717, 1.165) is 11.7 Å². The SMILES string of the molecule is CC1CCC(NC(=O)CC2(CS)CC2)C1. The van der Waals surface area contributed by atoms with E-state index in [2.05, 4.69) is 24.9 Å². The first kappa shape index (κ1) is 11.3. The van der Waals surface area contributed by atoms with Gasteiger partial charge in [0.1, 0.15) is 0 Å². The summed E-state index contributed by atoms with van der Waals surface area (Å²) in [6, 6.07) is 0.447. The maximum atomic E-state index is 11.8. The van der Waals surface area contributed by atoms with Crippen LogP contribution in [0.25, 0.3) is 0 Å². The number of thiol groups is 1. The highest BCUT2D eigenvalue weighted by Gasteiger charge is 2.43. The molecule has 2 unspecified atom stereocenters. The van der Waals surface area contributed by atoms with Gasteiger partial charge in [-0.05, 0) is 49.2 Å². The fraction of sp³-hybridized carbons (Fsp3) is 0.917. The molecule has 1 N–H and O–H groups in total. The largest absolute Gasteiger partial charge is 0.353 e. The summed E-state index contributed by atoms with van der Waals surface area (Å²) in [7, 11) is 0. The van der Waals surface area contributed by atoms with Crippen LogP contribution in [-0.4, -0.2) is 17.7 Å². The lowest BCUT2D eigenvalue weighted by atomic mass is 10.0. The fourth-order valence-electron chi connectivity index (χ4n) is 2.53. The van der Waals surface area contributed by atoms with E-state index in [9.17, 15) is 4.79 Å². The highest BCUT2D eigenvalue weighted by atomic mass is 32.1. The molecule has 1 amide bonds. The summed E-state index contributed by atoms with van der Waals surface area (Å²) in [6.45, 7) is 2.27. The van der Waals surface area contributed by atoms with Crippen LogP contribution in [-0.2, 0) is 4.79 Å². The Labute approximate surface area is 97.6 Å². The molecule has 2 aliphatic rings. The van der Waals surface area contributed by atoms with E-state index in [1.54, 1.807) is 0 Å². The molecule has 2 aliphatic carbocycles. The van der Waals surface area contributed by atoms with Gasteiger partial charge in [-0.15, -0.1) is 0 Å². The van der Waals surface area contributed by atoms with Crippen LogP contribution in [0, 0.1) is 11.3 Å². The summed E-state index contributed by atoms with van der Waals surface area (Å²) < 4.78 is 0. The van der Waals surface area contributed by atoms with Crippen molar-refractivity contribution in [3.05, 3.63) is 0 Å². The van der Waals surface area contributed by atoms with E-state index < -0.39 is 0 Å². The first-order valence-electron chi connectivity index (χ1n) is 6.04. The van der Waals surface area contributed by atoms with Crippen molar-refractivity contribution in [3.63, 3.8) is 0 Å². The van der Waals surface area contributed by atoms with E-state index in [1.165, 1.54) is 32.1 Å². The third kappa shape index (κ3) is 2.90. The molecule has 2 nitrogen and oxygen atoms in total. The highest BCUT2D eigenvalue weighted by Crippen LogP contribution is 2.49. The van der Waals surface area contributed by atoms with E-state index in [1.807, 2.05) is 0 Å². The molecule has 86 valence electrons. The molecular formula is C12H21NOS. The van der Waals surface area contributed by atoms with Gasteiger partial charge in [-0.2, -0.15) is 12.6 Å². The molecule has 2 rings (SSSR count). The quantitative estimate of drug-likeness (QED) is 0.709. The number of nitrogens with one attached hydrogen (secondary N) is 1. The number of amides is 1. The van der Waals surface area contributed by atoms with Gasteiger partial charge in [0.25, 0.3) is 0 Å². The number of hydrogen-bond acceptors (Lipinski definition) is 2. The number of rotatable bonds is 4. The summed E-state index contributed by atoms with van der Waals surface area (Å²) >= 11 is 4.32. The first-order valence-corrected chi connectivity index (χ1v) is 6.67. The molecule has 0 aliphatic heterocycles. The first-order chi connectivity index (χ1) is 7.13. The van der Waals surface area contributed by atoms with Gasteiger partial charge >= 0.3 is 0 Å². The van der Waals surface area contributed by atoms with Gasteiger partial charge in [-0.1, -0.05) is 6.92 Å². The molecule has 3 heteroatoms. The van der Waals surface area contributed by atoms with Crippen molar-refractivity contribution in [2.24, 2.45) is 11.3 Å². The van der Waals surface area contributed by atoms with E-state index in [-0.39, 0.29) is 11.3 Å². The predicted molar refractivity (Wildman–Crippen MR) is 65.1 cm³/mol. The second-order valence-corrected chi connectivity index (χ2v) is 5.83. The Hall–Kier alpha value is -0.180. The molecule has 2 atom stereocenters. The molecule has 0 heterocycles. The van der Waals surface area contributed by atoms with Crippen molar-refractivity contribution in [1.82, 2.24) is 5.32 Å². The summed E-state index contributed by atoms with van der Waals surface area (Å²) in [4.78, 5) is 11.8. The van der Waals surface area contributed by atoms with Crippen LogP contribution in [0.3, 0.4) is 0 Å². The van der Waals surface area contributed by atoms with Crippen LogP contribution < -0.4 is 5.32 Å². The van der Waals surface area contributed by atoms with Crippen molar-refractivity contribution in [3.8, 4) is 0 Å². The normalized spacial score (nSPS) is 32.7. The molecule has 0 aromatic heterocycles. The smallest absolute Gasteiger partial charge is 0.220 e. The number of carbonyl (C=O) groups is 1. The Bertz CT molecular complexity index is 250. The molecule has 0 spiro atoms. The zero-order valence-corrected chi connectivity index (χ0v) is 10.4. The van der Waals surface area contributed by atoms with Crippen molar-refractivity contribution >= 4 is 18.5 Å². The van der Waals surface area contributed by atoms with Crippen LogP contribution in [0.2, 0.25) is 0 Å². The maximum Gasteiger partial charge on any atom is 0.220 e. The zero-order chi connectivity index (χ0) is 10.9.